The smallest absolute Gasteiger partial charge is 0.790 e. The molecule has 21 heteroatoms. The van der Waals surface area contributed by atoms with Gasteiger partial charge >= 0.3 is 88.7 Å². The van der Waals surface area contributed by atoms with Crippen LogP contribution in [0.1, 0.15) is 6.23 Å². The van der Waals surface area contributed by atoms with Gasteiger partial charge in [0.15, 0.2) is 23.9 Å². The van der Waals surface area contributed by atoms with Gasteiger partial charge in [0.05, 0.1) is 20.8 Å². The summed E-state index contributed by atoms with van der Waals surface area (Å²) in [6.07, 6.45) is -6.00. The van der Waals surface area contributed by atoms with E-state index in [1.807, 2.05) is 0 Å². The van der Waals surface area contributed by atoms with E-state index in [9.17, 15) is 33.3 Å². The third-order valence-electron chi connectivity index (χ3n) is 3.59. The molecule has 2 aromatic heterocycles. The van der Waals surface area contributed by atoms with Crippen LogP contribution in [0.25, 0.3) is 11.2 Å². The molecule has 3 unspecified atom stereocenters. The number of alkyl halides is 1. The number of nitrogen functional groups attached to an aromatic ring is 1. The van der Waals surface area contributed by atoms with Gasteiger partial charge < -0.3 is 39.3 Å². The number of aromatic nitrogens is 4. The Bertz CT molecular complexity index is 1000. The van der Waals surface area contributed by atoms with E-state index in [2.05, 4.69) is 23.8 Å². The van der Waals surface area contributed by atoms with Crippen LogP contribution in [0.4, 0.5) is 10.2 Å². The fourth-order valence-corrected chi connectivity index (χ4v) is 4.14. The van der Waals surface area contributed by atoms with Crippen LogP contribution >= 0.6 is 27.2 Å². The summed E-state index contributed by atoms with van der Waals surface area (Å²) in [5.74, 6) is -0.0910. The van der Waals surface area contributed by atoms with Crippen LogP contribution in [0, 0.1) is 0 Å². The molecule has 3 rings (SSSR count). The Balaban J connectivity index is 0.00000300. The van der Waals surface area contributed by atoms with E-state index in [0.29, 0.717) is 0 Å². The number of nitrogens with zero attached hydrogens (tertiary/aromatic N) is 4. The summed E-state index contributed by atoms with van der Waals surface area (Å²) >= 11 is 5.71. The largest absolute Gasteiger partial charge is 1.00 e. The first-order valence-electron chi connectivity index (χ1n) is 7.20. The molecule has 0 amide bonds. The SMILES string of the molecule is Nc1nc(Cl)nc2c1ncn2C1OC(COP(=O)([O-])OP(=O)([O-])[O-])[C@@H](O)[C@@H]1F.[Na+].[Na+].[Na+]. The van der Waals surface area contributed by atoms with Gasteiger partial charge in [0.25, 0.3) is 7.82 Å². The molecular weight excluding hydrogens is 520 g/mol. The Kier molecular flexibility index (Phi) is 13.3. The van der Waals surface area contributed by atoms with Crippen molar-refractivity contribution in [3.63, 3.8) is 0 Å². The van der Waals surface area contributed by atoms with E-state index >= 15 is 0 Å². The maximum Gasteiger partial charge on any atom is 1.00 e. The third-order valence-corrected chi connectivity index (χ3v) is 5.82. The molecule has 0 aliphatic carbocycles. The molecule has 2 aromatic rings. The number of hydrogen-bond acceptors (Lipinski definition) is 13. The predicted molar refractivity (Wildman–Crippen MR) is 81.8 cm³/mol. The van der Waals surface area contributed by atoms with Crippen LogP contribution < -0.4 is 109 Å². The van der Waals surface area contributed by atoms with Crippen LogP contribution in [-0.4, -0.2) is 49.6 Å². The average molecular weight is 530 g/mol. The fourth-order valence-electron chi connectivity index (χ4n) is 2.47. The molecule has 3 N–H and O–H groups in total. The van der Waals surface area contributed by atoms with Gasteiger partial charge in [-0.2, -0.15) is 9.97 Å². The van der Waals surface area contributed by atoms with Crippen molar-refractivity contribution in [1.29, 1.82) is 0 Å². The van der Waals surface area contributed by atoms with E-state index in [0.717, 1.165) is 10.9 Å². The second kappa shape index (κ2) is 12.6. The minimum atomic E-state index is -5.89. The molecule has 1 aliphatic heterocycles. The molecule has 1 saturated heterocycles. The van der Waals surface area contributed by atoms with E-state index < -0.39 is 46.9 Å². The standard InChI is InChI=1S/C10H13ClFN5O9P2.3Na/c11-10-15-7(13)5-8(16-10)17(2-14-5)9-4(12)6(18)3(25-9)1-24-28(22,23)26-27(19,20)21;;;/h2-4,6,9,18H,1H2,(H,22,23)(H2,13,15,16)(H2,19,20,21);;;/q;3*+1/p-3/t3?,4-,6+,9?;;;/m0.../s1. The number of hydrogen-bond donors (Lipinski definition) is 2. The minimum Gasteiger partial charge on any atom is -0.790 e. The van der Waals surface area contributed by atoms with Crippen molar-refractivity contribution in [1.82, 2.24) is 19.5 Å². The molecule has 0 radical (unpaired) electrons. The molecule has 156 valence electrons. The zero-order valence-electron chi connectivity index (χ0n) is 16.3. The number of aliphatic hydroxyl groups excluding tert-OH is 1. The van der Waals surface area contributed by atoms with Crippen molar-refractivity contribution >= 4 is 44.2 Å². The summed E-state index contributed by atoms with van der Waals surface area (Å²) in [5.41, 5.74) is 5.69. The fraction of sp³-hybridized carbons (Fsp3) is 0.500. The average Bonchev–Trinajstić information content (AvgIpc) is 3.06. The summed E-state index contributed by atoms with van der Waals surface area (Å²) < 4.78 is 49.8. The molecule has 1 fully saturated rings. The predicted octanol–water partition coefficient (Wildman–Crippen LogP) is -11.0. The van der Waals surface area contributed by atoms with Gasteiger partial charge in [-0.15, -0.1) is 0 Å². The van der Waals surface area contributed by atoms with Crippen LogP contribution in [0.3, 0.4) is 0 Å². The first kappa shape index (κ1) is 32.8. The summed E-state index contributed by atoms with van der Waals surface area (Å²) in [6, 6.07) is 0. The van der Waals surface area contributed by atoms with Crippen molar-refractivity contribution in [2.75, 3.05) is 12.3 Å². The summed E-state index contributed by atoms with van der Waals surface area (Å²) in [5, 5.41) is 9.67. The normalized spacial score (nSPS) is 25.2. The summed E-state index contributed by atoms with van der Waals surface area (Å²) in [7, 11) is -11.5. The van der Waals surface area contributed by atoms with E-state index in [1.54, 1.807) is 0 Å². The number of phosphoric ester groups is 1. The quantitative estimate of drug-likeness (QED) is 0.202. The molecule has 0 aromatic carbocycles. The third kappa shape index (κ3) is 8.14. The first-order chi connectivity index (χ1) is 12.9. The van der Waals surface area contributed by atoms with E-state index in [1.165, 1.54) is 0 Å². The van der Waals surface area contributed by atoms with E-state index in [-0.39, 0.29) is 111 Å². The minimum absolute atomic E-state index is 0. The van der Waals surface area contributed by atoms with Gasteiger partial charge in [-0.05, 0) is 11.6 Å². The summed E-state index contributed by atoms with van der Waals surface area (Å²) in [4.78, 5) is 43.4. The van der Waals surface area contributed by atoms with Crippen molar-refractivity contribution in [3.05, 3.63) is 11.6 Å². The molecule has 1 aliphatic rings. The number of fused-ring (bicyclic) bond motifs is 1. The van der Waals surface area contributed by atoms with Crippen molar-refractivity contribution in [2.24, 2.45) is 0 Å². The first-order valence-corrected chi connectivity index (χ1v) is 10.5. The van der Waals surface area contributed by atoms with Gasteiger partial charge in [0.2, 0.25) is 5.28 Å². The second-order valence-electron chi connectivity index (χ2n) is 5.47. The Morgan fingerprint density at radius 2 is 1.90 bits per heavy atom. The number of nitrogens with two attached hydrogens (primary N) is 1. The van der Waals surface area contributed by atoms with Gasteiger partial charge in [-0.3, -0.25) is 13.4 Å². The topological polar surface area (TPSA) is 221 Å². The van der Waals surface area contributed by atoms with Crippen LogP contribution in [0.5, 0.6) is 0 Å². The van der Waals surface area contributed by atoms with Crippen molar-refractivity contribution in [3.8, 4) is 0 Å². The number of rotatable bonds is 6. The summed E-state index contributed by atoms with van der Waals surface area (Å²) in [6.45, 7) is -1.04. The number of ether oxygens (including phenoxy) is 1. The van der Waals surface area contributed by atoms with Crippen LogP contribution in [-0.2, 0) is 22.7 Å². The van der Waals surface area contributed by atoms with Gasteiger partial charge in [-0.1, -0.05) is 0 Å². The number of aliphatic hydroxyl groups is 1. The second-order valence-corrected chi connectivity index (χ2v) is 8.51. The molecule has 5 atom stereocenters. The van der Waals surface area contributed by atoms with Crippen LogP contribution in [0.2, 0.25) is 5.28 Å². The molecule has 31 heavy (non-hydrogen) atoms. The molecule has 0 spiro atoms. The molecule has 0 bridgehead atoms. The number of halogens is 2. The van der Waals surface area contributed by atoms with Gasteiger partial charge in [0, 0.05) is 0 Å². The number of phosphoric acid groups is 2. The zero-order chi connectivity index (χ0) is 20.9. The Morgan fingerprint density at radius 3 is 2.48 bits per heavy atom. The van der Waals surface area contributed by atoms with Gasteiger partial charge in [-0.25, -0.2) is 9.37 Å². The Hall–Kier alpha value is 1.75. The maximum atomic E-state index is 14.5. The monoisotopic (exact) mass is 529 g/mol. The Labute approximate surface area is 245 Å². The maximum absolute atomic E-state index is 14.5. The number of imidazole rings is 1. The van der Waals surface area contributed by atoms with Crippen molar-refractivity contribution < 1.29 is 136 Å². The zero-order valence-corrected chi connectivity index (χ0v) is 24.9. The molecule has 14 nitrogen and oxygen atoms in total. The molecular formula is C10H10ClFN5Na3O9P2. The molecule has 0 saturated carbocycles. The van der Waals surface area contributed by atoms with Gasteiger partial charge in [0.1, 0.15) is 17.7 Å². The number of anilines is 1. The van der Waals surface area contributed by atoms with E-state index in [4.69, 9.17) is 22.1 Å². The van der Waals surface area contributed by atoms with Crippen LogP contribution in [0.15, 0.2) is 6.33 Å². The Morgan fingerprint density at radius 1 is 1.29 bits per heavy atom. The molecule has 3 heterocycles. The van der Waals surface area contributed by atoms with Crippen molar-refractivity contribution in [2.45, 2.75) is 24.6 Å².